The number of aliphatic hydroxyl groups is 1. The van der Waals surface area contributed by atoms with Gasteiger partial charge in [-0.3, -0.25) is 4.84 Å². The van der Waals surface area contributed by atoms with E-state index in [-0.39, 0.29) is 6.54 Å². The lowest BCUT2D eigenvalue weighted by atomic mass is 10.1. The van der Waals surface area contributed by atoms with Crippen LogP contribution in [0.1, 0.15) is 27.7 Å². The van der Waals surface area contributed by atoms with Gasteiger partial charge in [0.1, 0.15) is 11.3 Å². The van der Waals surface area contributed by atoms with Gasteiger partial charge in [-0.05, 0) is 27.7 Å². The van der Waals surface area contributed by atoms with Gasteiger partial charge in [0.05, 0.1) is 29.4 Å². The molecular weight excluding hydrogens is 343 g/mol. The summed E-state index contributed by atoms with van der Waals surface area (Å²) in [5, 5.41) is 20.3. The molecule has 0 aliphatic carbocycles. The van der Waals surface area contributed by atoms with E-state index in [2.05, 4.69) is 15.8 Å². The van der Waals surface area contributed by atoms with Gasteiger partial charge in [0.15, 0.2) is 0 Å². The number of hydrazine groups is 1. The van der Waals surface area contributed by atoms with Crippen LogP contribution in [-0.2, 0) is 9.78 Å². The molecule has 0 aliphatic rings. The fraction of sp³-hybridized carbons (Fsp3) is 1.00. The summed E-state index contributed by atoms with van der Waals surface area (Å²) in [6, 6.07) is 0. The summed E-state index contributed by atoms with van der Waals surface area (Å²) >= 11 is 1.86. The normalized spacial score (nSPS) is 13.8. The first-order chi connectivity index (χ1) is 7.52. The minimum Gasteiger partial charge on any atom is -0.761 e. The molecular formula is C8H20IN4O4-. The summed E-state index contributed by atoms with van der Waals surface area (Å²) in [5.41, 5.74) is 3.43. The van der Waals surface area contributed by atoms with Crippen LogP contribution in [0.5, 0.6) is 0 Å². The molecule has 104 valence electrons. The van der Waals surface area contributed by atoms with Gasteiger partial charge in [0, 0.05) is 7.05 Å². The minimum atomic E-state index is -1.09. The molecule has 0 spiro atoms. The fourth-order valence-corrected chi connectivity index (χ4v) is 1.91. The van der Waals surface area contributed by atoms with E-state index in [0.717, 1.165) is 0 Å². The van der Waals surface area contributed by atoms with Gasteiger partial charge in [-0.25, -0.2) is 10.2 Å². The van der Waals surface area contributed by atoms with Gasteiger partial charge in [-0.15, -0.1) is 0 Å². The quantitative estimate of drug-likeness (QED) is 0.248. The molecule has 8 nitrogen and oxygen atoms in total. The van der Waals surface area contributed by atoms with E-state index < -0.39 is 11.3 Å². The molecule has 0 saturated carbocycles. The zero-order valence-corrected chi connectivity index (χ0v) is 12.8. The Morgan fingerprint density at radius 3 is 2.29 bits per heavy atom. The van der Waals surface area contributed by atoms with Crippen LogP contribution in [0.2, 0.25) is 0 Å². The molecule has 0 atom stereocenters. The molecule has 0 fully saturated rings. The first-order valence-electron chi connectivity index (χ1n) is 4.98. The average Bonchev–Trinajstić information content (AvgIpc) is 1.96. The summed E-state index contributed by atoms with van der Waals surface area (Å²) in [6.07, 6.45) is 0. The van der Waals surface area contributed by atoms with E-state index in [9.17, 15) is 10.3 Å². The van der Waals surface area contributed by atoms with Crippen LogP contribution in [0.15, 0.2) is 0 Å². The molecule has 0 unspecified atom stereocenters. The molecule has 0 amide bonds. The van der Waals surface area contributed by atoms with E-state index in [0.29, 0.717) is 5.23 Å². The third kappa shape index (κ3) is 11.2. The van der Waals surface area contributed by atoms with Gasteiger partial charge >= 0.3 is 0 Å². The highest BCUT2D eigenvalue weighted by molar-refractivity contribution is 14.1. The Labute approximate surface area is 115 Å². The molecule has 0 rings (SSSR count). The molecule has 0 aromatic rings. The van der Waals surface area contributed by atoms with Crippen LogP contribution in [0.4, 0.5) is 0 Å². The zero-order chi connectivity index (χ0) is 13.7. The molecule has 0 bridgehead atoms. The fourth-order valence-electron chi connectivity index (χ4n) is 0.784. The number of halogens is 1. The third-order valence-corrected chi connectivity index (χ3v) is 1.82. The van der Waals surface area contributed by atoms with Crippen molar-refractivity contribution in [2.75, 3.05) is 13.6 Å². The van der Waals surface area contributed by atoms with Crippen molar-refractivity contribution in [1.29, 1.82) is 0 Å². The van der Waals surface area contributed by atoms with Gasteiger partial charge in [-0.1, -0.05) is 3.39 Å². The smallest absolute Gasteiger partial charge is 0.125 e. The lowest BCUT2D eigenvalue weighted by molar-refractivity contribution is -0.232. The Morgan fingerprint density at radius 2 is 1.88 bits per heavy atom. The van der Waals surface area contributed by atoms with E-state index >= 15 is 0 Å². The predicted molar refractivity (Wildman–Crippen MR) is 70.7 cm³/mol. The molecule has 0 aromatic carbocycles. The highest BCUT2D eigenvalue weighted by Crippen LogP contribution is 2.14. The predicted octanol–water partition coefficient (Wildman–Crippen LogP) is 0.447. The van der Waals surface area contributed by atoms with Crippen LogP contribution >= 0.6 is 22.9 Å². The van der Waals surface area contributed by atoms with Crippen LogP contribution in [-0.4, -0.2) is 38.6 Å². The Morgan fingerprint density at radius 1 is 1.35 bits per heavy atom. The maximum Gasteiger partial charge on any atom is 0.125 e. The number of hydrogen-bond donors (Lipinski definition) is 3. The standard InChI is InChI=1S/C8H20IN4O4/c1-7(2,6-10-17-12(5)15)16-13(9)11-8(3,4)14/h10-11,14H,6H2,1-5H3/q-1. The minimum absolute atomic E-state index is 0.284. The maximum absolute atomic E-state index is 10.5. The maximum atomic E-state index is 10.5. The number of nitrogens with zero attached hydrogens (tertiary/aromatic N) is 2. The van der Waals surface area contributed by atoms with Crippen LogP contribution < -0.4 is 10.9 Å². The van der Waals surface area contributed by atoms with Crippen molar-refractivity contribution in [1.82, 2.24) is 19.5 Å². The number of nitrogens with one attached hydrogen (secondary N) is 2. The van der Waals surface area contributed by atoms with Crippen LogP contribution in [0.25, 0.3) is 0 Å². The Kier molecular flexibility index (Phi) is 7.28. The largest absolute Gasteiger partial charge is 0.761 e. The number of hydrogen-bond acceptors (Lipinski definition) is 8. The number of rotatable bonds is 8. The molecule has 0 aromatic heterocycles. The Balaban J connectivity index is 3.98. The summed E-state index contributed by atoms with van der Waals surface area (Å²) in [7, 11) is 1.22. The van der Waals surface area contributed by atoms with Crippen molar-refractivity contribution in [3.63, 3.8) is 0 Å². The molecule has 0 saturated heterocycles. The van der Waals surface area contributed by atoms with Crippen molar-refractivity contribution < 1.29 is 14.9 Å². The van der Waals surface area contributed by atoms with Crippen molar-refractivity contribution >= 4 is 22.9 Å². The van der Waals surface area contributed by atoms with Crippen LogP contribution in [0, 0.1) is 5.21 Å². The zero-order valence-electron chi connectivity index (χ0n) is 10.7. The monoisotopic (exact) mass is 363 g/mol. The van der Waals surface area contributed by atoms with Crippen molar-refractivity contribution in [3.05, 3.63) is 5.21 Å². The van der Waals surface area contributed by atoms with Gasteiger partial charge in [0.2, 0.25) is 0 Å². The Bertz CT molecular complexity index is 222. The van der Waals surface area contributed by atoms with E-state index in [4.69, 9.17) is 4.84 Å². The second kappa shape index (κ2) is 7.11. The van der Waals surface area contributed by atoms with Gasteiger partial charge in [0.25, 0.3) is 0 Å². The summed E-state index contributed by atoms with van der Waals surface area (Å²) in [6.45, 7) is 7.05. The SMILES string of the molecule is CN([O-])ONCC(C)(C)ON(I)NC(C)(C)O. The molecule has 0 aliphatic heterocycles. The van der Waals surface area contributed by atoms with E-state index in [1.165, 1.54) is 10.4 Å². The molecule has 0 radical (unpaired) electrons. The Hall–Kier alpha value is 0.410. The second-order valence-corrected chi connectivity index (χ2v) is 5.50. The molecule has 17 heavy (non-hydrogen) atoms. The first kappa shape index (κ1) is 17.4. The summed E-state index contributed by atoms with van der Waals surface area (Å²) < 4.78 is 1.28. The summed E-state index contributed by atoms with van der Waals surface area (Å²) in [4.78, 5) is 10.00. The second-order valence-electron chi connectivity index (χ2n) is 4.62. The van der Waals surface area contributed by atoms with Crippen molar-refractivity contribution in [2.24, 2.45) is 0 Å². The first-order valence-corrected chi connectivity index (χ1v) is 5.94. The molecule has 9 heteroatoms. The molecule has 3 N–H and O–H groups in total. The average molecular weight is 363 g/mol. The van der Waals surface area contributed by atoms with E-state index in [1.54, 1.807) is 27.7 Å². The van der Waals surface area contributed by atoms with Crippen molar-refractivity contribution in [2.45, 2.75) is 39.0 Å². The van der Waals surface area contributed by atoms with E-state index in [1.807, 2.05) is 22.9 Å². The third-order valence-electron chi connectivity index (χ3n) is 1.38. The van der Waals surface area contributed by atoms with Gasteiger partial charge in [-0.2, -0.15) is 10.9 Å². The lowest BCUT2D eigenvalue weighted by Gasteiger charge is -2.33. The number of hydroxylamine groups is 3. The summed E-state index contributed by atoms with van der Waals surface area (Å²) in [5.74, 6) is 0. The molecule has 0 heterocycles. The lowest BCUT2D eigenvalue weighted by Crippen LogP contribution is -2.51. The highest BCUT2D eigenvalue weighted by atomic mass is 127. The topological polar surface area (TPSA) is 92.3 Å². The van der Waals surface area contributed by atoms with Gasteiger partial charge < -0.3 is 10.3 Å². The van der Waals surface area contributed by atoms with Crippen LogP contribution in [0.3, 0.4) is 0 Å². The highest BCUT2D eigenvalue weighted by Gasteiger charge is 2.25. The van der Waals surface area contributed by atoms with Crippen molar-refractivity contribution in [3.8, 4) is 0 Å².